The first-order valence-corrected chi connectivity index (χ1v) is 8.18. The van der Waals surface area contributed by atoms with Crippen molar-refractivity contribution in [1.82, 2.24) is 5.32 Å². The molecule has 3 N–H and O–H groups in total. The van der Waals surface area contributed by atoms with Gasteiger partial charge in [0.15, 0.2) is 0 Å². The van der Waals surface area contributed by atoms with E-state index in [-0.39, 0.29) is 24.9 Å². The van der Waals surface area contributed by atoms with Gasteiger partial charge in [-0.1, -0.05) is 25.7 Å². The molecule has 0 aliphatic heterocycles. The first kappa shape index (κ1) is 16.3. The van der Waals surface area contributed by atoms with Crippen LogP contribution in [0.15, 0.2) is 0 Å². The first-order valence-electron chi connectivity index (χ1n) is 8.18. The average molecular weight is 297 g/mol. The zero-order valence-corrected chi connectivity index (χ0v) is 12.6. The molecule has 0 radical (unpaired) electrons. The maximum absolute atomic E-state index is 12.1. The largest absolute Gasteiger partial charge is 0.481 e. The standard InChI is InChI=1S/C16H27NO4/c18-11-13-6-4-5-12(13)10-17-14(19)9-16(15(20)21)7-2-1-3-8-16/h12-13,18H,1-11H2,(H,17,19)(H,20,21). The highest BCUT2D eigenvalue weighted by molar-refractivity contribution is 5.85. The summed E-state index contributed by atoms with van der Waals surface area (Å²) in [6.07, 6.45) is 7.34. The van der Waals surface area contributed by atoms with E-state index in [1.165, 1.54) is 0 Å². The summed E-state index contributed by atoms with van der Waals surface area (Å²) in [4.78, 5) is 23.7. The number of aliphatic carboxylic acids is 1. The minimum atomic E-state index is -0.853. The molecule has 0 spiro atoms. The van der Waals surface area contributed by atoms with E-state index in [0.29, 0.717) is 25.3 Å². The zero-order chi connectivity index (χ0) is 15.3. The van der Waals surface area contributed by atoms with Gasteiger partial charge in [0, 0.05) is 19.6 Å². The SMILES string of the molecule is O=C(CC1(C(=O)O)CCCCC1)NCC1CCCC1CO. The second-order valence-electron chi connectivity index (χ2n) is 6.76. The fraction of sp³-hybridized carbons (Fsp3) is 0.875. The van der Waals surface area contributed by atoms with Gasteiger partial charge in [0.05, 0.1) is 5.41 Å². The van der Waals surface area contributed by atoms with E-state index in [2.05, 4.69) is 5.32 Å². The molecule has 2 rings (SSSR count). The summed E-state index contributed by atoms with van der Waals surface area (Å²) >= 11 is 0. The Balaban J connectivity index is 1.84. The van der Waals surface area contributed by atoms with Crippen LogP contribution in [-0.2, 0) is 9.59 Å². The number of aliphatic hydroxyl groups excluding tert-OH is 1. The molecule has 0 aromatic heterocycles. The van der Waals surface area contributed by atoms with Crippen molar-refractivity contribution in [2.24, 2.45) is 17.3 Å². The van der Waals surface area contributed by atoms with E-state index in [0.717, 1.165) is 38.5 Å². The maximum Gasteiger partial charge on any atom is 0.310 e. The molecule has 5 nitrogen and oxygen atoms in total. The van der Waals surface area contributed by atoms with Crippen molar-refractivity contribution in [2.75, 3.05) is 13.2 Å². The van der Waals surface area contributed by atoms with Gasteiger partial charge in [-0.05, 0) is 37.5 Å². The summed E-state index contributed by atoms with van der Waals surface area (Å²) in [5, 5.41) is 21.7. The number of carbonyl (C=O) groups excluding carboxylic acids is 1. The van der Waals surface area contributed by atoms with Crippen molar-refractivity contribution >= 4 is 11.9 Å². The van der Waals surface area contributed by atoms with Crippen molar-refractivity contribution in [3.05, 3.63) is 0 Å². The van der Waals surface area contributed by atoms with Crippen LogP contribution in [0.2, 0.25) is 0 Å². The molecule has 2 fully saturated rings. The number of carboxylic acids is 1. The summed E-state index contributed by atoms with van der Waals surface area (Å²) < 4.78 is 0. The van der Waals surface area contributed by atoms with Gasteiger partial charge < -0.3 is 15.5 Å². The number of rotatable bonds is 6. The number of aliphatic hydroxyl groups is 1. The van der Waals surface area contributed by atoms with Crippen molar-refractivity contribution < 1.29 is 19.8 Å². The summed E-state index contributed by atoms with van der Waals surface area (Å²) in [6, 6.07) is 0. The Labute approximate surface area is 126 Å². The van der Waals surface area contributed by atoms with E-state index in [1.54, 1.807) is 0 Å². The van der Waals surface area contributed by atoms with E-state index >= 15 is 0 Å². The van der Waals surface area contributed by atoms with Gasteiger partial charge in [0.2, 0.25) is 5.91 Å². The van der Waals surface area contributed by atoms with Gasteiger partial charge in [0.25, 0.3) is 0 Å². The quantitative estimate of drug-likeness (QED) is 0.699. The Morgan fingerprint density at radius 1 is 1.05 bits per heavy atom. The van der Waals surface area contributed by atoms with Gasteiger partial charge in [-0.25, -0.2) is 0 Å². The molecule has 0 saturated heterocycles. The highest BCUT2D eigenvalue weighted by Crippen LogP contribution is 2.39. The molecular weight excluding hydrogens is 270 g/mol. The van der Waals surface area contributed by atoms with Crippen LogP contribution in [0.3, 0.4) is 0 Å². The van der Waals surface area contributed by atoms with Gasteiger partial charge in [-0.15, -0.1) is 0 Å². The molecule has 5 heteroatoms. The van der Waals surface area contributed by atoms with Crippen LogP contribution in [0.4, 0.5) is 0 Å². The molecule has 0 aromatic carbocycles. The third kappa shape index (κ3) is 3.96. The number of carboxylic acid groups (broad SMARTS) is 1. The minimum Gasteiger partial charge on any atom is -0.481 e. The average Bonchev–Trinajstić information content (AvgIpc) is 2.93. The van der Waals surface area contributed by atoms with E-state index in [9.17, 15) is 19.8 Å². The van der Waals surface area contributed by atoms with Crippen LogP contribution < -0.4 is 5.32 Å². The van der Waals surface area contributed by atoms with Crippen LogP contribution >= 0.6 is 0 Å². The summed E-state index contributed by atoms with van der Waals surface area (Å²) in [5.41, 5.74) is -0.853. The van der Waals surface area contributed by atoms with E-state index < -0.39 is 11.4 Å². The predicted molar refractivity (Wildman–Crippen MR) is 78.7 cm³/mol. The Morgan fingerprint density at radius 2 is 1.71 bits per heavy atom. The smallest absolute Gasteiger partial charge is 0.310 e. The first-order chi connectivity index (χ1) is 10.1. The minimum absolute atomic E-state index is 0.0961. The fourth-order valence-electron chi connectivity index (χ4n) is 3.93. The summed E-state index contributed by atoms with van der Waals surface area (Å²) in [7, 11) is 0. The zero-order valence-electron chi connectivity index (χ0n) is 12.6. The van der Waals surface area contributed by atoms with Crippen molar-refractivity contribution in [2.45, 2.75) is 57.8 Å². The Morgan fingerprint density at radius 3 is 2.33 bits per heavy atom. The number of nitrogens with one attached hydrogen (secondary N) is 1. The normalized spacial score (nSPS) is 28.2. The monoisotopic (exact) mass is 297 g/mol. The predicted octanol–water partition coefficient (Wildman–Crippen LogP) is 1.94. The summed E-state index contributed by atoms with van der Waals surface area (Å²) in [5.74, 6) is -0.353. The number of amides is 1. The van der Waals surface area contributed by atoms with Crippen LogP contribution in [0.25, 0.3) is 0 Å². The van der Waals surface area contributed by atoms with Crippen molar-refractivity contribution in [3.8, 4) is 0 Å². The highest BCUT2D eigenvalue weighted by Gasteiger charge is 2.41. The molecule has 1 amide bonds. The molecule has 21 heavy (non-hydrogen) atoms. The number of hydrogen-bond donors (Lipinski definition) is 3. The molecule has 0 bridgehead atoms. The molecule has 2 atom stereocenters. The van der Waals surface area contributed by atoms with Crippen LogP contribution in [0, 0.1) is 17.3 Å². The van der Waals surface area contributed by atoms with Crippen molar-refractivity contribution in [3.63, 3.8) is 0 Å². The number of carbonyl (C=O) groups is 2. The van der Waals surface area contributed by atoms with Gasteiger partial charge in [-0.2, -0.15) is 0 Å². The van der Waals surface area contributed by atoms with Crippen molar-refractivity contribution in [1.29, 1.82) is 0 Å². The van der Waals surface area contributed by atoms with Gasteiger partial charge in [-0.3, -0.25) is 9.59 Å². The molecular formula is C16H27NO4. The van der Waals surface area contributed by atoms with Crippen LogP contribution in [-0.4, -0.2) is 35.2 Å². The van der Waals surface area contributed by atoms with E-state index in [1.807, 2.05) is 0 Å². The fourth-order valence-corrected chi connectivity index (χ4v) is 3.93. The lowest BCUT2D eigenvalue weighted by atomic mass is 9.71. The number of hydrogen-bond acceptors (Lipinski definition) is 3. The molecule has 2 unspecified atom stereocenters. The van der Waals surface area contributed by atoms with Crippen LogP contribution in [0.1, 0.15) is 57.8 Å². The molecule has 120 valence electrons. The molecule has 0 aromatic rings. The third-order valence-electron chi connectivity index (χ3n) is 5.38. The topological polar surface area (TPSA) is 86.6 Å². The lowest BCUT2D eigenvalue weighted by molar-refractivity contribution is -0.154. The van der Waals surface area contributed by atoms with Gasteiger partial charge >= 0.3 is 5.97 Å². The molecule has 2 aliphatic carbocycles. The van der Waals surface area contributed by atoms with Crippen LogP contribution in [0.5, 0.6) is 0 Å². The highest BCUT2D eigenvalue weighted by atomic mass is 16.4. The Bertz CT molecular complexity index is 376. The second kappa shape index (κ2) is 7.25. The third-order valence-corrected chi connectivity index (χ3v) is 5.38. The Hall–Kier alpha value is -1.10. The Kier molecular flexibility index (Phi) is 5.62. The van der Waals surface area contributed by atoms with Gasteiger partial charge in [0.1, 0.15) is 0 Å². The maximum atomic E-state index is 12.1. The lowest BCUT2D eigenvalue weighted by Gasteiger charge is -2.32. The second-order valence-corrected chi connectivity index (χ2v) is 6.76. The molecule has 0 heterocycles. The molecule has 2 saturated carbocycles. The lowest BCUT2D eigenvalue weighted by Crippen LogP contribution is -2.40. The summed E-state index contributed by atoms with van der Waals surface area (Å²) in [6.45, 7) is 0.749. The van der Waals surface area contributed by atoms with E-state index in [4.69, 9.17) is 0 Å². The molecule has 2 aliphatic rings.